The van der Waals surface area contributed by atoms with Gasteiger partial charge in [-0.05, 0) is 55.7 Å². The molecule has 0 bridgehead atoms. The summed E-state index contributed by atoms with van der Waals surface area (Å²) in [6, 6.07) is 7.58. The standard InChI is InChI=1S/C30H26Cl2F4N4O4/c1-15-26-16(8-21(30(34,35)36)28(38-26)44-14-17-2-3-19(31)11-22(17)32)4-6-39(15)13-25-37-27-23(33)9-18(29(41)42)10-24(27)40(25)12-20-5-7-43-20/h2-3,8-11,15,20H,4-7,12-14H2,1H3,(H,41,42)/t15-,20-/m0/s1. The summed E-state index contributed by atoms with van der Waals surface area (Å²) in [6.07, 6.45) is -3.75. The Bertz CT molecular complexity index is 1760. The van der Waals surface area contributed by atoms with E-state index in [2.05, 4.69) is 9.97 Å². The van der Waals surface area contributed by atoms with Crippen LogP contribution in [0.5, 0.6) is 5.88 Å². The molecule has 1 fully saturated rings. The maximum atomic E-state index is 15.0. The van der Waals surface area contributed by atoms with Crippen molar-refractivity contribution in [2.45, 2.75) is 57.8 Å². The third-order valence-electron chi connectivity index (χ3n) is 8.05. The van der Waals surface area contributed by atoms with E-state index >= 15 is 0 Å². The predicted octanol–water partition coefficient (Wildman–Crippen LogP) is 7.08. The number of imidazole rings is 1. The van der Waals surface area contributed by atoms with E-state index in [1.54, 1.807) is 16.7 Å². The highest BCUT2D eigenvalue weighted by atomic mass is 35.5. The van der Waals surface area contributed by atoms with Crippen molar-refractivity contribution in [1.82, 2.24) is 19.4 Å². The van der Waals surface area contributed by atoms with Crippen LogP contribution in [-0.4, -0.2) is 49.8 Å². The van der Waals surface area contributed by atoms with Gasteiger partial charge in [-0.3, -0.25) is 4.90 Å². The van der Waals surface area contributed by atoms with Crippen LogP contribution in [0.2, 0.25) is 10.0 Å². The van der Waals surface area contributed by atoms with E-state index in [0.29, 0.717) is 52.9 Å². The summed E-state index contributed by atoms with van der Waals surface area (Å²) < 4.78 is 70.2. The van der Waals surface area contributed by atoms with Gasteiger partial charge in [0, 0.05) is 28.8 Å². The summed E-state index contributed by atoms with van der Waals surface area (Å²) in [5.74, 6) is -2.10. The highest BCUT2D eigenvalue weighted by molar-refractivity contribution is 6.35. The second-order valence-electron chi connectivity index (χ2n) is 10.9. The summed E-state index contributed by atoms with van der Waals surface area (Å²) in [6.45, 7) is 3.12. The molecule has 0 aliphatic carbocycles. The Morgan fingerprint density at radius 1 is 1.18 bits per heavy atom. The van der Waals surface area contributed by atoms with Crippen LogP contribution in [0.25, 0.3) is 11.0 Å². The summed E-state index contributed by atoms with van der Waals surface area (Å²) >= 11 is 12.1. The van der Waals surface area contributed by atoms with Crippen molar-refractivity contribution < 1.29 is 36.9 Å². The molecule has 2 aromatic heterocycles. The smallest absolute Gasteiger partial charge is 0.421 e. The van der Waals surface area contributed by atoms with Crippen molar-refractivity contribution in [2.75, 3.05) is 13.2 Å². The fourth-order valence-electron chi connectivity index (χ4n) is 5.55. The molecule has 8 nitrogen and oxygen atoms in total. The average molecular weight is 653 g/mol. The molecule has 0 saturated carbocycles. The van der Waals surface area contributed by atoms with Crippen molar-refractivity contribution in [3.63, 3.8) is 0 Å². The zero-order chi connectivity index (χ0) is 31.3. The lowest BCUT2D eigenvalue weighted by atomic mass is 9.97. The lowest BCUT2D eigenvalue weighted by Crippen LogP contribution is -2.36. The maximum absolute atomic E-state index is 15.0. The van der Waals surface area contributed by atoms with Gasteiger partial charge in [0.1, 0.15) is 23.5 Å². The molecule has 0 radical (unpaired) electrons. The minimum Gasteiger partial charge on any atom is -0.478 e. The lowest BCUT2D eigenvalue weighted by molar-refractivity contribution is -0.139. The number of pyridine rings is 1. The number of nitrogens with zero attached hydrogens (tertiary/aromatic N) is 4. The molecule has 0 amide bonds. The fourth-order valence-corrected chi connectivity index (χ4v) is 6.01. The van der Waals surface area contributed by atoms with Gasteiger partial charge in [-0.25, -0.2) is 19.2 Å². The molecule has 0 unspecified atom stereocenters. The van der Waals surface area contributed by atoms with Crippen molar-refractivity contribution in [3.05, 3.63) is 86.0 Å². The molecule has 2 aliphatic rings. The molecule has 0 spiro atoms. The number of aromatic carboxylic acids is 1. The molecular weight excluding hydrogens is 627 g/mol. The largest absolute Gasteiger partial charge is 0.478 e. The molecule has 2 aliphatic heterocycles. The van der Waals surface area contributed by atoms with Gasteiger partial charge in [-0.15, -0.1) is 0 Å². The van der Waals surface area contributed by atoms with Gasteiger partial charge in [0.15, 0.2) is 5.82 Å². The van der Waals surface area contributed by atoms with E-state index in [1.807, 2.05) is 11.8 Å². The number of hydrogen-bond donors (Lipinski definition) is 1. The summed E-state index contributed by atoms with van der Waals surface area (Å²) in [4.78, 5) is 22.5. The summed E-state index contributed by atoms with van der Waals surface area (Å²) in [5.41, 5.74) is 0.521. The Kier molecular flexibility index (Phi) is 8.20. The van der Waals surface area contributed by atoms with Crippen LogP contribution in [0.15, 0.2) is 36.4 Å². The van der Waals surface area contributed by atoms with Crippen molar-refractivity contribution in [1.29, 1.82) is 0 Å². The molecule has 1 N–H and O–H groups in total. The second kappa shape index (κ2) is 11.8. The number of alkyl halides is 3. The van der Waals surface area contributed by atoms with E-state index in [-0.39, 0.29) is 41.8 Å². The third kappa shape index (κ3) is 5.95. The number of halogens is 6. The van der Waals surface area contributed by atoms with Gasteiger partial charge in [0.2, 0.25) is 5.88 Å². The van der Waals surface area contributed by atoms with Crippen molar-refractivity contribution >= 4 is 40.2 Å². The summed E-state index contributed by atoms with van der Waals surface area (Å²) in [7, 11) is 0. The number of fused-ring (bicyclic) bond motifs is 2. The number of ether oxygens (including phenoxy) is 2. The Labute approximate surface area is 259 Å². The lowest BCUT2D eigenvalue weighted by Gasteiger charge is -2.35. The first-order valence-electron chi connectivity index (χ1n) is 13.8. The zero-order valence-electron chi connectivity index (χ0n) is 23.3. The van der Waals surface area contributed by atoms with Crippen LogP contribution < -0.4 is 4.74 Å². The maximum Gasteiger partial charge on any atom is 0.421 e. The van der Waals surface area contributed by atoms with Gasteiger partial charge in [-0.2, -0.15) is 13.2 Å². The van der Waals surface area contributed by atoms with E-state index in [0.717, 1.165) is 18.6 Å². The number of hydrogen-bond acceptors (Lipinski definition) is 6. The molecule has 14 heteroatoms. The average Bonchev–Trinajstić information content (AvgIpc) is 3.28. The Hall–Kier alpha value is -3.45. The van der Waals surface area contributed by atoms with Gasteiger partial charge in [0.05, 0.1) is 42.0 Å². The summed E-state index contributed by atoms with van der Waals surface area (Å²) in [5, 5.41) is 10.1. The first-order chi connectivity index (χ1) is 20.9. The molecule has 6 rings (SSSR count). The first-order valence-corrected chi connectivity index (χ1v) is 14.6. The number of benzene rings is 2. The van der Waals surface area contributed by atoms with Gasteiger partial charge < -0.3 is 19.1 Å². The normalized spacial score (nSPS) is 18.7. The van der Waals surface area contributed by atoms with E-state index < -0.39 is 35.4 Å². The molecular formula is C30H26Cl2F4N4O4. The minimum absolute atomic E-state index is 0.0406. The molecule has 4 heterocycles. The third-order valence-corrected chi connectivity index (χ3v) is 8.64. The Morgan fingerprint density at radius 3 is 2.61 bits per heavy atom. The topological polar surface area (TPSA) is 89.7 Å². The number of carboxylic acids is 1. The second-order valence-corrected chi connectivity index (χ2v) is 11.7. The molecule has 4 aromatic rings. The molecule has 1 saturated heterocycles. The van der Waals surface area contributed by atoms with Crippen LogP contribution in [0.3, 0.4) is 0 Å². The van der Waals surface area contributed by atoms with Crippen molar-refractivity contribution in [2.24, 2.45) is 0 Å². The van der Waals surface area contributed by atoms with Crippen LogP contribution in [0.4, 0.5) is 17.6 Å². The zero-order valence-corrected chi connectivity index (χ0v) is 24.8. The predicted molar refractivity (Wildman–Crippen MR) is 154 cm³/mol. The number of carbonyl (C=O) groups is 1. The SMILES string of the molecule is C[C@H]1c2nc(OCc3ccc(Cl)cc3Cl)c(C(F)(F)F)cc2CCN1Cc1nc2c(F)cc(C(=O)O)cc2n1C[C@@H]1CCO1. The van der Waals surface area contributed by atoms with Gasteiger partial charge in [0.25, 0.3) is 0 Å². The Morgan fingerprint density at radius 2 is 1.95 bits per heavy atom. The minimum atomic E-state index is -4.70. The van der Waals surface area contributed by atoms with Gasteiger partial charge >= 0.3 is 12.1 Å². The fraction of sp³-hybridized carbons (Fsp3) is 0.367. The van der Waals surface area contributed by atoms with Crippen LogP contribution in [-0.2, 0) is 37.0 Å². The van der Waals surface area contributed by atoms with Crippen LogP contribution >= 0.6 is 23.2 Å². The number of carboxylic acid groups (broad SMARTS) is 1. The monoisotopic (exact) mass is 652 g/mol. The molecule has 44 heavy (non-hydrogen) atoms. The molecule has 2 atom stereocenters. The number of aromatic nitrogens is 3. The Balaban J connectivity index is 1.32. The van der Waals surface area contributed by atoms with E-state index in [1.165, 1.54) is 12.1 Å². The first kappa shape index (κ1) is 30.6. The van der Waals surface area contributed by atoms with Crippen molar-refractivity contribution in [3.8, 4) is 5.88 Å². The van der Waals surface area contributed by atoms with Gasteiger partial charge in [-0.1, -0.05) is 29.3 Å². The molecule has 232 valence electrons. The van der Waals surface area contributed by atoms with Crippen LogP contribution in [0.1, 0.15) is 58.0 Å². The highest BCUT2D eigenvalue weighted by Gasteiger charge is 2.38. The van der Waals surface area contributed by atoms with Crippen LogP contribution in [0, 0.1) is 5.82 Å². The molecule has 2 aromatic carbocycles. The van der Waals surface area contributed by atoms with E-state index in [9.17, 15) is 27.5 Å². The van der Waals surface area contributed by atoms with E-state index in [4.69, 9.17) is 32.7 Å². The number of rotatable bonds is 8. The quantitative estimate of drug-likeness (QED) is 0.203. The highest BCUT2D eigenvalue weighted by Crippen LogP contribution is 2.40.